The molecule has 0 saturated carbocycles. The van der Waals surface area contributed by atoms with Crippen LogP contribution in [-0.4, -0.2) is 13.7 Å². The fourth-order valence-corrected chi connectivity index (χ4v) is 1.88. The molecule has 0 amide bonds. The van der Waals surface area contributed by atoms with Gasteiger partial charge in [0.15, 0.2) is 0 Å². The van der Waals surface area contributed by atoms with Crippen LogP contribution in [0.5, 0.6) is 5.75 Å². The summed E-state index contributed by atoms with van der Waals surface area (Å²) in [5.41, 5.74) is 8.65. The van der Waals surface area contributed by atoms with Gasteiger partial charge >= 0.3 is 0 Å². The average molecular weight is 242 g/mol. The molecule has 2 N–H and O–H groups in total. The molecule has 0 aliphatic heterocycles. The predicted molar refractivity (Wildman–Crippen MR) is 76.5 cm³/mol. The number of ether oxygens (including phenoxy) is 1. The number of para-hydroxylation sites is 2. The lowest BCUT2D eigenvalue weighted by Crippen LogP contribution is -2.11. The van der Waals surface area contributed by atoms with E-state index in [1.54, 1.807) is 0 Å². The van der Waals surface area contributed by atoms with Crippen molar-refractivity contribution in [1.82, 2.24) is 0 Å². The molecule has 0 aromatic heterocycles. The molecule has 94 valence electrons. The van der Waals surface area contributed by atoms with Crippen LogP contribution in [0.15, 0.2) is 48.5 Å². The van der Waals surface area contributed by atoms with Crippen LogP contribution in [0.4, 0.5) is 17.1 Å². The highest BCUT2D eigenvalue weighted by Gasteiger charge is 2.09. The van der Waals surface area contributed by atoms with E-state index >= 15 is 0 Å². The molecule has 2 rings (SSSR count). The Bertz CT molecular complexity index is 525. The Morgan fingerprint density at radius 3 is 2.61 bits per heavy atom. The van der Waals surface area contributed by atoms with Crippen LogP contribution in [0.25, 0.3) is 0 Å². The molecule has 18 heavy (non-hydrogen) atoms. The van der Waals surface area contributed by atoms with Gasteiger partial charge in [0.1, 0.15) is 5.75 Å². The topological polar surface area (TPSA) is 38.5 Å². The van der Waals surface area contributed by atoms with Crippen LogP contribution >= 0.6 is 0 Å². The number of hydrogen-bond acceptors (Lipinski definition) is 3. The number of anilines is 3. The summed E-state index contributed by atoms with van der Waals surface area (Å²) in [6.07, 6.45) is 0. The molecule has 0 atom stereocenters. The van der Waals surface area contributed by atoms with E-state index in [0.717, 1.165) is 22.8 Å². The normalized spacial score (nSPS) is 10.1. The molecule has 3 heteroatoms. The molecule has 0 radical (unpaired) electrons. The summed E-state index contributed by atoms with van der Waals surface area (Å²) < 4.78 is 5.64. The Balaban J connectivity index is 2.36. The molecule has 0 heterocycles. The van der Waals surface area contributed by atoms with Gasteiger partial charge in [0, 0.05) is 18.4 Å². The van der Waals surface area contributed by atoms with Gasteiger partial charge in [0.25, 0.3) is 0 Å². The Kier molecular flexibility index (Phi) is 3.72. The van der Waals surface area contributed by atoms with Gasteiger partial charge in [-0.25, -0.2) is 0 Å². The minimum absolute atomic E-state index is 0.655. The highest BCUT2D eigenvalue weighted by Crippen LogP contribution is 2.32. The third-order valence-electron chi connectivity index (χ3n) is 2.78. The maximum absolute atomic E-state index is 5.81. The maximum Gasteiger partial charge on any atom is 0.142 e. The van der Waals surface area contributed by atoms with E-state index in [2.05, 4.69) is 4.90 Å². The van der Waals surface area contributed by atoms with E-state index in [1.165, 1.54) is 0 Å². The largest absolute Gasteiger partial charge is 0.492 e. The van der Waals surface area contributed by atoms with Crippen molar-refractivity contribution >= 4 is 17.1 Å². The SMILES string of the molecule is CCOc1ccccc1N(C)c1cccc(N)c1. The zero-order valence-corrected chi connectivity index (χ0v) is 10.8. The molecule has 0 bridgehead atoms. The summed E-state index contributed by atoms with van der Waals surface area (Å²) in [6.45, 7) is 2.64. The zero-order chi connectivity index (χ0) is 13.0. The number of hydrogen-bond donors (Lipinski definition) is 1. The third kappa shape index (κ3) is 2.56. The molecule has 0 aliphatic rings. The van der Waals surface area contributed by atoms with Crippen LogP contribution in [0.1, 0.15) is 6.92 Å². The Hall–Kier alpha value is -2.16. The van der Waals surface area contributed by atoms with Crippen molar-refractivity contribution in [3.8, 4) is 5.75 Å². The summed E-state index contributed by atoms with van der Waals surface area (Å²) in [5, 5.41) is 0. The van der Waals surface area contributed by atoms with Gasteiger partial charge in [-0.1, -0.05) is 18.2 Å². The second-order valence-corrected chi connectivity index (χ2v) is 4.05. The molecule has 0 fully saturated rings. The molecular weight excluding hydrogens is 224 g/mol. The summed E-state index contributed by atoms with van der Waals surface area (Å²) >= 11 is 0. The van der Waals surface area contributed by atoms with Crippen molar-refractivity contribution in [1.29, 1.82) is 0 Å². The molecule has 0 aliphatic carbocycles. The lowest BCUT2D eigenvalue weighted by atomic mass is 10.2. The predicted octanol–water partition coefficient (Wildman–Crippen LogP) is 3.44. The van der Waals surface area contributed by atoms with E-state index in [4.69, 9.17) is 10.5 Å². The highest BCUT2D eigenvalue weighted by atomic mass is 16.5. The molecule has 0 unspecified atom stereocenters. The lowest BCUT2D eigenvalue weighted by Gasteiger charge is -2.22. The summed E-state index contributed by atoms with van der Waals surface area (Å²) in [5.74, 6) is 0.880. The standard InChI is InChI=1S/C15H18N2O/c1-3-18-15-10-5-4-9-14(15)17(2)13-8-6-7-12(16)11-13/h4-11H,3,16H2,1-2H3. The van der Waals surface area contributed by atoms with Gasteiger partial charge in [0.2, 0.25) is 0 Å². The Morgan fingerprint density at radius 2 is 1.89 bits per heavy atom. The number of nitrogen functional groups attached to an aromatic ring is 1. The smallest absolute Gasteiger partial charge is 0.142 e. The van der Waals surface area contributed by atoms with Gasteiger partial charge in [-0.15, -0.1) is 0 Å². The van der Waals surface area contributed by atoms with E-state index in [9.17, 15) is 0 Å². The Morgan fingerprint density at radius 1 is 1.11 bits per heavy atom. The summed E-state index contributed by atoms with van der Waals surface area (Å²) in [7, 11) is 2.01. The average Bonchev–Trinajstić information content (AvgIpc) is 2.39. The van der Waals surface area contributed by atoms with Crippen LogP contribution < -0.4 is 15.4 Å². The second-order valence-electron chi connectivity index (χ2n) is 4.05. The zero-order valence-electron chi connectivity index (χ0n) is 10.8. The van der Waals surface area contributed by atoms with Crippen molar-refractivity contribution in [2.75, 3.05) is 24.3 Å². The highest BCUT2D eigenvalue weighted by molar-refractivity contribution is 5.70. The van der Waals surface area contributed by atoms with Crippen LogP contribution in [-0.2, 0) is 0 Å². The van der Waals surface area contributed by atoms with Crippen molar-refractivity contribution in [2.45, 2.75) is 6.92 Å². The summed E-state index contributed by atoms with van der Waals surface area (Å²) in [6, 6.07) is 15.8. The number of nitrogens with two attached hydrogens (primary N) is 1. The molecule has 3 nitrogen and oxygen atoms in total. The van der Waals surface area contributed by atoms with E-state index in [0.29, 0.717) is 6.61 Å². The first-order valence-corrected chi connectivity index (χ1v) is 6.03. The van der Waals surface area contributed by atoms with E-state index < -0.39 is 0 Å². The minimum atomic E-state index is 0.655. The van der Waals surface area contributed by atoms with Gasteiger partial charge in [-0.2, -0.15) is 0 Å². The monoisotopic (exact) mass is 242 g/mol. The van der Waals surface area contributed by atoms with Gasteiger partial charge < -0.3 is 15.4 Å². The van der Waals surface area contributed by atoms with Crippen LogP contribution in [0.3, 0.4) is 0 Å². The van der Waals surface area contributed by atoms with Gasteiger partial charge in [0.05, 0.1) is 12.3 Å². The number of rotatable bonds is 4. The lowest BCUT2D eigenvalue weighted by molar-refractivity contribution is 0.341. The third-order valence-corrected chi connectivity index (χ3v) is 2.78. The van der Waals surface area contributed by atoms with Crippen molar-refractivity contribution in [3.05, 3.63) is 48.5 Å². The Labute approximate surface area is 108 Å². The van der Waals surface area contributed by atoms with Crippen LogP contribution in [0, 0.1) is 0 Å². The van der Waals surface area contributed by atoms with E-state index in [1.807, 2.05) is 62.5 Å². The number of benzene rings is 2. The fraction of sp³-hybridized carbons (Fsp3) is 0.200. The van der Waals surface area contributed by atoms with Gasteiger partial charge in [-0.3, -0.25) is 0 Å². The minimum Gasteiger partial charge on any atom is -0.492 e. The first kappa shape index (κ1) is 12.3. The first-order valence-electron chi connectivity index (χ1n) is 6.03. The van der Waals surface area contributed by atoms with Crippen molar-refractivity contribution in [3.63, 3.8) is 0 Å². The van der Waals surface area contributed by atoms with E-state index in [-0.39, 0.29) is 0 Å². The quantitative estimate of drug-likeness (QED) is 0.835. The molecule has 2 aromatic rings. The van der Waals surface area contributed by atoms with Crippen LogP contribution in [0.2, 0.25) is 0 Å². The maximum atomic E-state index is 5.81. The van der Waals surface area contributed by atoms with Gasteiger partial charge in [-0.05, 0) is 37.3 Å². The second kappa shape index (κ2) is 5.45. The van der Waals surface area contributed by atoms with Crippen molar-refractivity contribution < 1.29 is 4.74 Å². The summed E-state index contributed by atoms with van der Waals surface area (Å²) in [4.78, 5) is 2.07. The number of nitrogens with zero attached hydrogens (tertiary/aromatic N) is 1. The van der Waals surface area contributed by atoms with Crippen molar-refractivity contribution in [2.24, 2.45) is 0 Å². The molecular formula is C15H18N2O. The first-order chi connectivity index (χ1) is 8.72. The fourth-order valence-electron chi connectivity index (χ4n) is 1.88. The molecule has 0 spiro atoms. The molecule has 2 aromatic carbocycles. The molecule has 0 saturated heterocycles.